The van der Waals surface area contributed by atoms with Crippen LogP contribution in [0.5, 0.6) is 11.5 Å². The predicted molar refractivity (Wildman–Crippen MR) is 92.3 cm³/mol. The van der Waals surface area contributed by atoms with Gasteiger partial charge in [0, 0.05) is 19.2 Å². The number of methoxy groups -OCH3 is 2. The number of nitrogens with zero attached hydrogens (tertiary/aromatic N) is 1. The van der Waals surface area contributed by atoms with Crippen molar-refractivity contribution < 1.29 is 19.1 Å². The second-order valence-corrected chi connectivity index (χ2v) is 5.11. The van der Waals surface area contributed by atoms with E-state index in [-0.39, 0.29) is 12.5 Å². The summed E-state index contributed by atoms with van der Waals surface area (Å²) in [5.41, 5.74) is 2.68. The van der Waals surface area contributed by atoms with E-state index in [1.165, 1.54) is 12.1 Å². The van der Waals surface area contributed by atoms with Gasteiger partial charge in [-0.15, -0.1) is 0 Å². The van der Waals surface area contributed by atoms with E-state index >= 15 is 0 Å². The van der Waals surface area contributed by atoms with Gasteiger partial charge in [-0.1, -0.05) is 6.08 Å². The van der Waals surface area contributed by atoms with Crippen molar-refractivity contribution in [3.8, 4) is 11.5 Å². The third-order valence-corrected chi connectivity index (χ3v) is 3.35. The van der Waals surface area contributed by atoms with Gasteiger partial charge in [-0.25, -0.2) is 0 Å². The summed E-state index contributed by atoms with van der Waals surface area (Å²) in [7, 11) is 3.15. The molecule has 0 spiro atoms. The highest BCUT2D eigenvalue weighted by Gasteiger charge is 2.10. The molecule has 0 aromatic heterocycles. The molecule has 0 saturated heterocycles. The minimum Gasteiger partial charge on any atom is -0.496 e. The first-order chi connectivity index (χ1) is 11.5. The molecule has 2 rings (SSSR count). The van der Waals surface area contributed by atoms with E-state index in [4.69, 9.17) is 14.2 Å². The maximum atomic E-state index is 10.7. The van der Waals surface area contributed by atoms with Crippen molar-refractivity contribution in [3.63, 3.8) is 0 Å². The number of non-ortho nitro benzene ring substituents is 1. The number of benzene rings is 2. The Hall–Kier alpha value is -2.86. The van der Waals surface area contributed by atoms with Crippen molar-refractivity contribution in [1.29, 1.82) is 0 Å². The molecule has 0 bridgehead atoms. The fourth-order valence-electron chi connectivity index (χ4n) is 2.19. The zero-order valence-electron chi connectivity index (χ0n) is 13.8. The number of aryl methyl sites for hydroxylation is 1. The molecule has 0 aliphatic heterocycles. The standard InChI is InChI=1S/C18H19NO5/c1-13-10-17(23-3)16(18(11-13)24-12-22-2)9-6-14-4-7-15(8-5-14)19(20)21/h4-11H,12H2,1-3H3/b9-6+. The third kappa shape index (κ3) is 4.33. The molecule has 2 aromatic carbocycles. The molecule has 0 amide bonds. The Bertz CT molecular complexity index is 738. The Labute approximate surface area is 140 Å². The van der Waals surface area contributed by atoms with Crippen LogP contribution in [0.25, 0.3) is 12.2 Å². The highest BCUT2D eigenvalue weighted by Crippen LogP contribution is 2.32. The van der Waals surface area contributed by atoms with E-state index in [9.17, 15) is 10.1 Å². The average molecular weight is 329 g/mol. The zero-order chi connectivity index (χ0) is 17.5. The zero-order valence-corrected chi connectivity index (χ0v) is 13.8. The Morgan fingerprint density at radius 3 is 2.33 bits per heavy atom. The fraction of sp³-hybridized carbons (Fsp3) is 0.222. The Balaban J connectivity index is 2.34. The molecule has 0 aliphatic carbocycles. The van der Waals surface area contributed by atoms with Crippen molar-refractivity contribution >= 4 is 17.8 Å². The summed E-state index contributed by atoms with van der Waals surface area (Å²) in [4.78, 5) is 10.3. The van der Waals surface area contributed by atoms with Crippen LogP contribution in [0.15, 0.2) is 36.4 Å². The number of rotatable bonds is 7. The summed E-state index contributed by atoms with van der Waals surface area (Å²) in [6.07, 6.45) is 3.70. The minimum atomic E-state index is -0.423. The summed E-state index contributed by atoms with van der Waals surface area (Å²) >= 11 is 0. The van der Waals surface area contributed by atoms with Gasteiger partial charge in [0.05, 0.1) is 17.6 Å². The van der Waals surface area contributed by atoms with E-state index in [1.807, 2.05) is 31.2 Å². The van der Waals surface area contributed by atoms with Crippen LogP contribution < -0.4 is 9.47 Å². The fourth-order valence-corrected chi connectivity index (χ4v) is 2.19. The molecule has 0 heterocycles. The van der Waals surface area contributed by atoms with Crippen LogP contribution in [-0.4, -0.2) is 25.9 Å². The summed E-state index contributed by atoms with van der Waals surface area (Å²) in [6, 6.07) is 10.1. The van der Waals surface area contributed by atoms with Crippen LogP contribution in [0.2, 0.25) is 0 Å². The number of ether oxygens (including phenoxy) is 3. The highest BCUT2D eigenvalue weighted by atomic mass is 16.7. The Kier molecular flexibility index (Phi) is 5.92. The lowest BCUT2D eigenvalue weighted by Crippen LogP contribution is -2.02. The molecular weight excluding hydrogens is 310 g/mol. The molecule has 2 aromatic rings. The van der Waals surface area contributed by atoms with Gasteiger partial charge in [-0.05, 0) is 48.4 Å². The number of hydrogen-bond donors (Lipinski definition) is 0. The van der Waals surface area contributed by atoms with E-state index < -0.39 is 4.92 Å². The predicted octanol–water partition coefficient (Wildman–Crippen LogP) is 4.06. The van der Waals surface area contributed by atoms with Crippen LogP contribution in [0.3, 0.4) is 0 Å². The highest BCUT2D eigenvalue weighted by molar-refractivity contribution is 5.76. The van der Waals surface area contributed by atoms with Crippen LogP contribution in [0.1, 0.15) is 16.7 Å². The van der Waals surface area contributed by atoms with Crippen molar-refractivity contribution in [2.24, 2.45) is 0 Å². The number of nitro benzene ring substituents is 1. The quantitative estimate of drug-likeness (QED) is 0.331. The van der Waals surface area contributed by atoms with E-state index in [1.54, 1.807) is 26.4 Å². The van der Waals surface area contributed by atoms with Crippen LogP contribution in [-0.2, 0) is 4.74 Å². The second kappa shape index (κ2) is 8.12. The smallest absolute Gasteiger partial charge is 0.269 e. The van der Waals surface area contributed by atoms with Crippen LogP contribution >= 0.6 is 0 Å². The van der Waals surface area contributed by atoms with Gasteiger partial charge in [0.1, 0.15) is 11.5 Å². The molecule has 0 saturated carbocycles. The van der Waals surface area contributed by atoms with Gasteiger partial charge in [0.25, 0.3) is 5.69 Å². The summed E-state index contributed by atoms with van der Waals surface area (Å²) < 4.78 is 16.0. The molecule has 0 fully saturated rings. The normalized spacial score (nSPS) is 10.8. The molecule has 6 heteroatoms. The first kappa shape index (κ1) is 17.5. The number of nitro groups is 1. The summed E-state index contributed by atoms with van der Waals surface area (Å²) in [5, 5.41) is 10.7. The van der Waals surface area contributed by atoms with E-state index in [0.29, 0.717) is 11.5 Å². The van der Waals surface area contributed by atoms with Crippen LogP contribution in [0, 0.1) is 17.0 Å². The van der Waals surface area contributed by atoms with Crippen molar-refractivity contribution in [2.45, 2.75) is 6.92 Å². The van der Waals surface area contributed by atoms with Gasteiger partial charge < -0.3 is 14.2 Å². The minimum absolute atomic E-state index is 0.0594. The van der Waals surface area contributed by atoms with Crippen molar-refractivity contribution in [3.05, 3.63) is 63.2 Å². The molecule has 0 N–H and O–H groups in total. The maximum absolute atomic E-state index is 10.7. The van der Waals surface area contributed by atoms with Gasteiger partial charge in [-0.2, -0.15) is 0 Å². The molecule has 0 unspecified atom stereocenters. The molecule has 0 aliphatic rings. The molecule has 0 radical (unpaired) electrons. The van der Waals surface area contributed by atoms with Gasteiger partial charge in [0.15, 0.2) is 6.79 Å². The van der Waals surface area contributed by atoms with E-state index in [0.717, 1.165) is 16.7 Å². The van der Waals surface area contributed by atoms with Gasteiger partial charge in [-0.3, -0.25) is 10.1 Å². The molecular formula is C18H19NO5. The average Bonchev–Trinajstić information content (AvgIpc) is 2.58. The molecule has 6 nitrogen and oxygen atoms in total. The maximum Gasteiger partial charge on any atom is 0.269 e. The lowest BCUT2D eigenvalue weighted by Gasteiger charge is -2.13. The van der Waals surface area contributed by atoms with Crippen LogP contribution in [0.4, 0.5) is 5.69 Å². The SMILES string of the molecule is COCOc1cc(C)cc(OC)c1/C=C/c1ccc([N+](=O)[O-])cc1. The molecule has 0 atom stereocenters. The topological polar surface area (TPSA) is 70.8 Å². The first-order valence-electron chi connectivity index (χ1n) is 7.28. The number of hydrogen-bond acceptors (Lipinski definition) is 5. The Morgan fingerprint density at radius 2 is 1.75 bits per heavy atom. The first-order valence-corrected chi connectivity index (χ1v) is 7.28. The lowest BCUT2D eigenvalue weighted by atomic mass is 10.1. The molecule has 24 heavy (non-hydrogen) atoms. The van der Waals surface area contributed by atoms with Crippen molar-refractivity contribution in [1.82, 2.24) is 0 Å². The molecule has 126 valence electrons. The Morgan fingerprint density at radius 1 is 1.08 bits per heavy atom. The summed E-state index contributed by atoms with van der Waals surface area (Å²) in [5.74, 6) is 1.33. The van der Waals surface area contributed by atoms with Gasteiger partial charge in [0.2, 0.25) is 0 Å². The summed E-state index contributed by atoms with van der Waals surface area (Å²) in [6.45, 7) is 2.08. The lowest BCUT2D eigenvalue weighted by molar-refractivity contribution is -0.384. The monoisotopic (exact) mass is 329 g/mol. The second-order valence-electron chi connectivity index (χ2n) is 5.11. The third-order valence-electron chi connectivity index (χ3n) is 3.35. The van der Waals surface area contributed by atoms with Gasteiger partial charge >= 0.3 is 0 Å². The largest absolute Gasteiger partial charge is 0.496 e. The van der Waals surface area contributed by atoms with E-state index in [2.05, 4.69) is 0 Å². The van der Waals surface area contributed by atoms with Crippen molar-refractivity contribution in [2.75, 3.05) is 21.0 Å².